The highest BCUT2D eigenvalue weighted by Gasteiger charge is 2.31. The Labute approximate surface area is 151 Å². The Bertz CT molecular complexity index is 865. The number of nitrogens with zero attached hydrogens (tertiary/aromatic N) is 2. The maximum Gasteiger partial charge on any atom is 0.339 e. The number of hydrogen-bond acceptors (Lipinski definition) is 5. The third-order valence-electron chi connectivity index (χ3n) is 4.54. The van der Waals surface area contributed by atoms with Crippen LogP contribution in [-0.4, -0.2) is 46.9 Å². The molecule has 1 aliphatic heterocycles. The molecule has 1 aliphatic rings. The molecule has 3 rings (SSSR count). The molecule has 0 spiro atoms. The Morgan fingerprint density at radius 2 is 2.04 bits per heavy atom. The highest BCUT2D eigenvalue weighted by Crippen LogP contribution is 2.20. The van der Waals surface area contributed by atoms with Gasteiger partial charge in [0.15, 0.2) is 6.61 Å². The van der Waals surface area contributed by atoms with Crippen LogP contribution in [0, 0.1) is 6.92 Å². The van der Waals surface area contributed by atoms with E-state index in [2.05, 4.69) is 4.98 Å². The predicted octanol–water partition coefficient (Wildman–Crippen LogP) is 1.57. The molecular formula is C19H21N3O4. The fourth-order valence-electron chi connectivity index (χ4n) is 3.29. The topological polar surface area (TPSA) is 103 Å². The van der Waals surface area contributed by atoms with Crippen LogP contribution in [0.2, 0.25) is 0 Å². The van der Waals surface area contributed by atoms with Gasteiger partial charge in [0.25, 0.3) is 5.91 Å². The van der Waals surface area contributed by atoms with Crippen molar-refractivity contribution in [1.29, 1.82) is 0 Å². The summed E-state index contributed by atoms with van der Waals surface area (Å²) in [5, 5.41) is 0.670. The molecule has 1 aromatic carbocycles. The van der Waals surface area contributed by atoms with Crippen LogP contribution in [0.15, 0.2) is 30.3 Å². The Kier molecular flexibility index (Phi) is 5.16. The lowest BCUT2D eigenvalue weighted by atomic mass is 10.0. The quantitative estimate of drug-likeness (QED) is 0.839. The molecule has 136 valence electrons. The van der Waals surface area contributed by atoms with E-state index in [0.29, 0.717) is 35.1 Å². The summed E-state index contributed by atoms with van der Waals surface area (Å²) in [6, 6.07) is 8.27. The fourth-order valence-corrected chi connectivity index (χ4v) is 3.29. The maximum absolute atomic E-state index is 12.5. The van der Waals surface area contributed by atoms with Crippen LogP contribution >= 0.6 is 0 Å². The second kappa shape index (κ2) is 7.51. The molecule has 1 atom stereocenters. The summed E-state index contributed by atoms with van der Waals surface area (Å²) in [6.45, 7) is 1.82. The highest BCUT2D eigenvalue weighted by molar-refractivity contribution is 6.04. The minimum Gasteiger partial charge on any atom is -0.452 e. The van der Waals surface area contributed by atoms with E-state index in [1.165, 1.54) is 4.90 Å². The van der Waals surface area contributed by atoms with Crippen molar-refractivity contribution >= 4 is 28.7 Å². The van der Waals surface area contributed by atoms with Gasteiger partial charge in [-0.1, -0.05) is 18.2 Å². The molecule has 2 heterocycles. The highest BCUT2D eigenvalue weighted by atomic mass is 16.5. The van der Waals surface area contributed by atoms with Gasteiger partial charge in [-0.25, -0.2) is 4.79 Å². The van der Waals surface area contributed by atoms with E-state index in [1.54, 1.807) is 19.1 Å². The van der Waals surface area contributed by atoms with E-state index in [-0.39, 0.29) is 0 Å². The van der Waals surface area contributed by atoms with Gasteiger partial charge in [-0.15, -0.1) is 0 Å². The van der Waals surface area contributed by atoms with E-state index in [4.69, 9.17) is 10.5 Å². The molecule has 26 heavy (non-hydrogen) atoms. The molecule has 2 aromatic rings. The largest absolute Gasteiger partial charge is 0.452 e. The number of nitrogens with two attached hydrogens (primary N) is 1. The van der Waals surface area contributed by atoms with Crippen molar-refractivity contribution in [2.24, 2.45) is 5.73 Å². The smallest absolute Gasteiger partial charge is 0.339 e. The second-order valence-electron chi connectivity index (χ2n) is 6.41. The number of benzene rings is 1. The van der Waals surface area contributed by atoms with Crippen LogP contribution in [0.1, 0.15) is 35.3 Å². The number of aromatic nitrogens is 1. The van der Waals surface area contributed by atoms with Gasteiger partial charge in [-0.05, 0) is 38.3 Å². The van der Waals surface area contributed by atoms with Gasteiger partial charge in [-0.3, -0.25) is 14.6 Å². The van der Waals surface area contributed by atoms with Crippen molar-refractivity contribution in [3.05, 3.63) is 41.6 Å². The normalized spacial score (nSPS) is 17.1. The maximum atomic E-state index is 12.5. The molecule has 0 saturated carbocycles. The van der Waals surface area contributed by atoms with Gasteiger partial charge in [0.05, 0.1) is 11.1 Å². The minimum absolute atomic E-state index is 0.367. The van der Waals surface area contributed by atoms with Gasteiger partial charge in [0.1, 0.15) is 6.04 Å². The molecular weight excluding hydrogens is 334 g/mol. The number of carbonyl (C=O) groups is 3. The van der Waals surface area contributed by atoms with Crippen molar-refractivity contribution in [2.75, 3.05) is 13.2 Å². The minimum atomic E-state index is -0.626. The van der Waals surface area contributed by atoms with E-state index in [9.17, 15) is 14.4 Å². The lowest BCUT2D eigenvalue weighted by Crippen LogP contribution is -2.51. The molecule has 7 heteroatoms. The molecule has 2 amide bonds. The Hall–Kier alpha value is -2.96. The van der Waals surface area contributed by atoms with Crippen LogP contribution < -0.4 is 5.73 Å². The summed E-state index contributed by atoms with van der Waals surface area (Å²) >= 11 is 0. The number of amides is 2. The first-order valence-electron chi connectivity index (χ1n) is 8.59. The van der Waals surface area contributed by atoms with E-state index in [1.807, 2.05) is 18.2 Å². The predicted molar refractivity (Wildman–Crippen MR) is 95.3 cm³/mol. The van der Waals surface area contributed by atoms with Crippen molar-refractivity contribution in [3.63, 3.8) is 0 Å². The third kappa shape index (κ3) is 3.66. The second-order valence-corrected chi connectivity index (χ2v) is 6.41. The number of fused-ring (bicyclic) bond motifs is 1. The van der Waals surface area contributed by atoms with Crippen molar-refractivity contribution in [1.82, 2.24) is 9.88 Å². The molecule has 1 saturated heterocycles. The average molecular weight is 355 g/mol. The molecule has 7 nitrogen and oxygen atoms in total. The lowest BCUT2D eigenvalue weighted by molar-refractivity contribution is -0.143. The number of esters is 1. The number of primary amides is 1. The summed E-state index contributed by atoms with van der Waals surface area (Å²) in [7, 11) is 0. The number of carbonyl (C=O) groups excluding carboxylic acids is 3. The van der Waals surface area contributed by atoms with Crippen LogP contribution in [0.4, 0.5) is 0 Å². The zero-order valence-electron chi connectivity index (χ0n) is 14.6. The number of aryl methyl sites for hydroxylation is 1. The van der Waals surface area contributed by atoms with Crippen LogP contribution in [-0.2, 0) is 14.3 Å². The summed E-state index contributed by atoms with van der Waals surface area (Å²) in [5.74, 6) is -1.52. The number of hydrogen-bond donors (Lipinski definition) is 1. The summed E-state index contributed by atoms with van der Waals surface area (Å²) in [5.41, 5.74) is 7.12. The third-order valence-corrected chi connectivity index (χ3v) is 4.54. The Morgan fingerprint density at radius 3 is 2.81 bits per heavy atom. The average Bonchev–Trinajstić information content (AvgIpc) is 2.65. The van der Waals surface area contributed by atoms with Gasteiger partial charge in [0, 0.05) is 17.6 Å². The summed E-state index contributed by atoms with van der Waals surface area (Å²) < 4.78 is 5.22. The Morgan fingerprint density at radius 1 is 1.27 bits per heavy atom. The van der Waals surface area contributed by atoms with E-state index < -0.39 is 30.4 Å². The summed E-state index contributed by atoms with van der Waals surface area (Å²) in [6.07, 6.45) is 2.19. The SMILES string of the molecule is Cc1cc(C(=O)OCC(=O)N2CCCC[C@@H]2C(N)=O)c2ccccc2n1. The van der Waals surface area contributed by atoms with Crippen molar-refractivity contribution in [3.8, 4) is 0 Å². The van der Waals surface area contributed by atoms with Gasteiger partial charge in [0.2, 0.25) is 5.91 Å². The van der Waals surface area contributed by atoms with E-state index >= 15 is 0 Å². The van der Waals surface area contributed by atoms with E-state index in [0.717, 1.165) is 12.8 Å². The molecule has 0 radical (unpaired) electrons. The zero-order chi connectivity index (χ0) is 18.7. The molecule has 0 bridgehead atoms. The molecule has 1 aromatic heterocycles. The number of pyridine rings is 1. The number of piperidine rings is 1. The first-order chi connectivity index (χ1) is 12.5. The van der Waals surface area contributed by atoms with Gasteiger partial charge < -0.3 is 15.4 Å². The van der Waals surface area contributed by atoms with Gasteiger partial charge in [-0.2, -0.15) is 0 Å². The van der Waals surface area contributed by atoms with Gasteiger partial charge >= 0.3 is 5.97 Å². The molecule has 2 N–H and O–H groups in total. The standard InChI is InChI=1S/C19H21N3O4/c1-12-10-14(13-6-2-3-7-15(13)21-12)19(25)26-11-17(23)22-9-5-4-8-16(22)18(20)24/h2-3,6-7,10,16H,4-5,8-9,11H2,1H3,(H2,20,24)/t16-/m1/s1. The first kappa shape index (κ1) is 17.8. The first-order valence-corrected chi connectivity index (χ1v) is 8.59. The van der Waals surface area contributed by atoms with Crippen molar-refractivity contribution < 1.29 is 19.1 Å². The lowest BCUT2D eigenvalue weighted by Gasteiger charge is -2.33. The number of para-hydroxylation sites is 1. The van der Waals surface area contributed by atoms with Crippen LogP contribution in [0.5, 0.6) is 0 Å². The number of ether oxygens (including phenoxy) is 1. The molecule has 1 fully saturated rings. The number of rotatable bonds is 4. The fraction of sp³-hybridized carbons (Fsp3) is 0.368. The van der Waals surface area contributed by atoms with Crippen molar-refractivity contribution in [2.45, 2.75) is 32.2 Å². The zero-order valence-corrected chi connectivity index (χ0v) is 14.6. The Balaban J connectivity index is 1.73. The van der Waals surface area contributed by atoms with Crippen LogP contribution in [0.3, 0.4) is 0 Å². The molecule has 0 aliphatic carbocycles. The molecule has 0 unspecified atom stereocenters. The monoisotopic (exact) mass is 355 g/mol. The summed E-state index contributed by atoms with van der Waals surface area (Å²) in [4.78, 5) is 42.2. The number of likely N-dealkylation sites (tertiary alicyclic amines) is 1. The van der Waals surface area contributed by atoms with Crippen LogP contribution in [0.25, 0.3) is 10.9 Å².